The zero-order chi connectivity index (χ0) is 24.5. The first-order valence-electron chi connectivity index (χ1n) is 11.0. The van der Waals surface area contributed by atoms with E-state index >= 15 is 0 Å². The van der Waals surface area contributed by atoms with Crippen molar-refractivity contribution in [1.29, 1.82) is 0 Å². The molecule has 0 unspecified atom stereocenters. The molecule has 2 aromatic rings. The van der Waals surface area contributed by atoms with Crippen molar-refractivity contribution in [3.8, 4) is 11.6 Å². The third-order valence-corrected chi connectivity index (χ3v) is 5.66. The van der Waals surface area contributed by atoms with Crippen LogP contribution in [0.2, 0.25) is 0 Å². The average molecular weight is 475 g/mol. The molecule has 0 aliphatic carbocycles. The van der Waals surface area contributed by atoms with Crippen molar-refractivity contribution in [2.75, 3.05) is 50.1 Å². The van der Waals surface area contributed by atoms with Crippen LogP contribution in [-0.4, -0.2) is 79.0 Å². The van der Waals surface area contributed by atoms with E-state index in [2.05, 4.69) is 9.97 Å². The Morgan fingerprint density at radius 1 is 1.18 bits per heavy atom. The Hall–Kier alpha value is -3.50. The van der Waals surface area contributed by atoms with E-state index in [1.807, 2.05) is 17.0 Å². The molecule has 2 fully saturated rings. The highest BCUT2D eigenvalue weighted by Crippen LogP contribution is 2.28. The maximum atomic E-state index is 12.9. The van der Waals surface area contributed by atoms with E-state index in [1.165, 1.54) is 18.3 Å². The molecule has 0 bridgehead atoms. The van der Waals surface area contributed by atoms with Gasteiger partial charge in [-0.3, -0.25) is 9.59 Å². The number of amides is 2. The van der Waals surface area contributed by atoms with Crippen LogP contribution in [0.25, 0.3) is 0 Å². The lowest BCUT2D eigenvalue weighted by atomic mass is 9.99. The van der Waals surface area contributed by atoms with Crippen molar-refractivity contribution in [2.45, 2.75) is 25.4 Å². The summed E-state index contributed by atoms with van der Waals surface area (Å²) in [4.78, 5) is 38.5. The number of carbonyl (C=O) groups is 2. The minimum absolute atomic E-state index is 0.0164. The summed E-state index contributed by atoms with van der Waals surface area (Å²) in [7, 11) is 3.50. The number of alkyl halides is 2. The van der Waals surface area contributed by atoms with Gasteiger partial charge in [0, 0.05) is 53.1 Å². The average Bonchev–Trinajstić information content (AvgIpc) is 3.12. The molecular weight excluding hydrogens is 448 g/mol. The van der Waals surface area contributed by atoms with Crippen LogP contribution in [0, 0.1) is 5.92 Å². The number of carbonyl (C=O) groups excluding carboxylic acids is 2. The SMILES string of the molecule is CN(C)C(=O)C1CN(c2ccc(N3CC[C@@H](Oc4ccc(OCC(C)(F)F)nc4)C3=O)cn2)C1. The minimum Gasteiger partial charge on any atom is -0.479 e. The fraction of sp³-hybridized carbons (Fsp3) is 0.478. The van der Waals surface area contributed by atoms with Crippen LogP contribution < -0.4 is 19.3 Å². The fourth-order valence-corrected chi connectivity index (χ4v) is 3.82. The number of rotatable bonds is 8. The van der Waals surface area contributed by atoms with E-state index in [-0.39, 0.29) is 23.6 Å². The molecule has 0 aromatic carbocycles. The molecule has 0 N–H and O–H groups in total. The lowest BCUT2D eigenvalue weighted by Gasteiger charge is -2.40. The number of anilines is 2. The number of pyridine rings is 2. The lowest BCUT2D eigenvalue weighted by molar-refractivity contribution is -0.133. The fourth-order valence-electron chi connectivity index (χ4n) is 3.82. The third kappa shape index (κ3) is 5.35. The molecule has 182 valence electrons. The summed E-state index contributed by atoms with van der Waals surface area (Å²) in [6, 6.07) is 6.63. The van der Waals surface area contributed by atoms with Gasteiger partial charge in [0.25, 0.3) is 11.8 Å². The Balaban J connectivity index is 1.30. The van der Waals surface area contributed by atoms with Gasteiger partial charge in [0.1, 0.15) is 11.6 Å². The number of hydrogen-bond donors (Lipinski definition) is 0. The second-order valence-electron chi connectivity index (χ2n) is 8.79. The number of halogens is 2. The first-order chi connectivity index (χ1) is 16.1. The number of aromatic nitrogens is 2. The highest BCUT2D eigenvalue weighted by atomic mass is 19.3. The first-order valence-corrected chi connectivity index (χ1v) is 11.0. The highest BCUT2D eigenvalue weighted by molar-refractivity contribution is 5.99. The molecule has 2 aromatic heterocycles. The largest absolute Gasteiger partial charge is 0.479 e. The van der Waals surface area contributed by atoms with Crippen molar-refractivity contribution < 1.29 is 27.8 Å². The molecule has 2 aliphatic rings. The predicted molar refractivity (Wildman–Crippen MR) is 120 cm³/mol. The van der Waals surface area contributed by atoms with Gasteiger partial charge in [-0.1, -0.05) is 0 Å². The van der Waals surface area contributed by atoms with Crippen LogP contribution in [0.4, 0.5) is 20.3 Å². The van der Waals surface area contributed by atoms with Gasteiger partial charge in [0.15, 0.2) is 12.7 Å². The minimum atomic E-state index is -2.95. The number of hydrogen-bond acceptors (Lipinski definition) is 7. The zero-order valence-electron chi connectivity index (χ0n) is 19.3. The number of ether oxygens (including phenoxy) is 2. The van der Waals surface area contributed by atoms with E-state index in [9.17, 15) is 18.4 Å². The molecule has 9 nitrogen and oxygen atoms in total. The van der Waals surface area contributed by atoms with Crippen LogP contribution in [0.5, 0.6) is 11.6 Å². The van der Waals surface area contributed by atoms with Gasteiger partial charge in [-0.05, 0) is 18.2 Å². The summed E-state index contributed by atoms with van der Waals surface area (Å²) in [5.41, 5.74) is 0.670. The Labute approximate surface area is 196 Å². The molecule has 1 atom stereocenters. The molecule has 0 radical (unpaired) electrons. The molecule has 11 heteroatoms. The summed E-state index contributed by atoms with van der Waals surface area (Å²) >= 11 is 0. The third-order valence-electron chi connectivity index (χ3n) is 5.66. The van der Waals surface area contributed by atoms with E-state index in [1.54, 1.807) is 30.1 Å². The Morgan fingerprint density at radius 3 is 2.53 bits per heavy atom. The summed E-state index contributed by atoms with van der Waals surface area (Å²) in [6.45, 7) is 1.73. The van der Waals surface area contributed by atoms with Crippen molar-refractivity contribution >= 4 is 23.3 Å². The number of nitrogens with zero attached hydrogens (tertiary/aromatic N) is 5. The summed E-state index contributed by atoms with van der Waals surface area (Å²) in [5, 5.41) is 0. The van der Waals surface area contributed by atoms with Crippen LogP contribution in [0.1, 0.15) is 13.3 Å². The van der Waals surface area contributed by atoms with Crippen LogP contribution >= 0.6 is 0 Å². The van der Waals surface area contributed by atoms with Gasteiger partial charge in [0.05, 0.1) is 24.0 Å². The maximum Gasteiger partial charge on any atom is 0.278 e. The van der Waals surface area contributed by atoms with Gasteiger partial charge in [0.2, 0.25) is 11.8 Å². The van der Waals surface area contributed by atoms with Gasteiger partial charge < -0.3 is 24.2 Å². The zero-order valence-corrected chi connectivity index (χ0v) is 19.3. The summed E-state index contributed by atoms with van der Waals surface area (Å²) in [6.07, 6.45) is 2.80. The Bertz CT molecular complexity index is 1020. The van der Waals surface area contributed by atoms with Crippen molar-refractivity contribution in [3.63, 3.8) is 0 Å². The normalized spacial score (nSPS) is 18.6. The van der Waals surface area contributed by atoms with E-state index in [4.69, 9.17) is 9.47 Å². The van der Waals surface area contributed by atoms with Gasteiger partial charge in [-0.15, -0.1) is 0 Å². The Kier molecular flexibility index (Phi) is 6.54. The van der Waals surface area contributed by atoms with Crippen molar-refractivity contribution in [2.24, 2.45) is 5.92 Å². The molecular formula is C23H27F2N5O4. The molecule has 2 saturated heterocycles. The summed E-state index contributed by atoms with van der Waals surface area (Å²) in [5.74, 6) is -1.88. The predicted octanol–water partition coefficient (Wildman–Crippen LogP) is 2.22. The second kappa shape index (κ2) is 9.40. The molecule has 4 rings (SSSR count). The van der Waals surface area contributed by atoms with Crippen LogP contribution in [0.15, 0.2) is 36.7 Å². The molecule has 34 heavy (non-hydrogen) atoms. The summed E-state index contributed by atoms with van der Waals surface area (Å²) < 4.78 is 36.5. The van der Waals surface area contributed by atoms with Crippen molar-refractivity contribution in [3.05, 3.63) is 36.7 Å². The van der Waals surface area contributed by atoms with E-state index in [0.717, 1.165) is 12.7 Å². The van der Waals surface area contributed by atoms with Crippen LogP contribution in [-0.2, 0) is 9.59 Å². The molecule has 4 heterocycles. The smallest absolute Gasteiger partial charge is 0.278 e. The lowest BCUT2D eigenvalue weighted by Crippen LogP contribution is -2.53. The second-order valence-corrected chi connectivity index (χ2v) is 8.79. The molecule has 2 aliphatic heterocycles. The molecule has 0 saturated carbocycles. The van der Waals surface area contributed by atoms with Gasteiger partial charge >= 0.3 is 0 Å². The molecule has 2 amide bonds. The van der Waals surface area contributed by atoms with E-state index in [0.29, 0.717) is 37.5 Å². The van der Waals surface area contributed by atoms with Gasteiger partial charge in [-0.25, -0.2) is 18.7 Å². The molecule has 0 spiro atoms. The van der Waals surface area contributed by atoms with Gasteiger partial charge in [-0.2, -0.15) is 0 Å². The topological polar surface area (TPSA) is 88.1 Å². The highest BCUT2D eigenvalue weighted by Gasteiger charge is 2.36. The maximum absolute atomic E-state index is 12.9. The standard InChI is InChI=1S/C23H27F2N5O4/c1-23(24,25)14-33-20-7-5-17(11-27-20)34-18-8-9-30(22(18)32)16-4-6-19(26-10-16)29-12-15(13-29)21(31)28(2)3/h4-7,10-11,15,18H,8-9,12-14H2,1-3H3/t18-/m1/s1. The van der Waals surface area contributed by atoms with Crippen molar-refractivity contribution in [1.82, 2.24) is 14.9 Å². The van der Waals surface area contributed by atoms with E-state index < -0.39 is 18.6 Å². The monoisotopic (exact) mass is 475 g/mol. The Morgan fingerprint density at radius 2 is 1.94 bits per heavy atom. The quantitative estimate of drug-likeness (QED) is 0.579. The first kappa shape index (κ1) is 23.7. The van der Waals surface area contributed by atoms with Crippen LogP contribution in [0.3, 0.4) is 0 Å².